The van der Waals surface area contributed by atoms with Crippen molar-refractivity contribution in [2.45, 2.75) is 12.8 Å². The minimum atomic E-state index is -0.330. The molecule has 1 aromatic carbocycles. The minimum Gasteiger partial charge on any atom is -0.355 e. The quantitative estimate of drug-likeness (QED) is 0.675. The van der Waals surface area contributed by atoms with Gasteiger partial charge in [0.25, 0.3) is 5.91 Å². The number of hydrogen-bond acceptors (Lipinski definition) is 6. The second kappa shape index (κ2) is 8.70. The molecule has 1 aliphatic heterocycles. The highest BCUT2D eigenvalue weighted by Crippen LogP contribution is 2.46. The molecule has 2 N–H and O–H groups in total. The Morgan fingerprint density at radius 3 is 2.87 bits per heavy atom. The smallest absolute Gasteiger partial charge is 0.261 e. The molecule has 1 saturated carbocycles. The fraction of sp³-hybridized carbons (Fsp3) is 0.364. The number of nitriles is 1. The number of nitrogens with zero attached hydrogens (tertiary/aromatic N) is 5. The van der Waals surface area contributed by atoms with E-state index in [0.717, 1.165) is 32.0 Å². The molecule has 0 radical (unpaired) electrons. The van der Waals surface area contributed by atoms with Gasteiger partial charge in [-0.1, -0.05) is 12.1 Å². The summed E-state index contributed by atoms with van der Waals surface area (Å²) >= 11 is 0. The van der Waals surface area contributed by atoms with E-state index in [-0.39, 0.29) is 5.91 Å². The first kappa shape index (κ1) is 20.8. The summed E-state index contributed by atoms with van der Waals surface area (Å²) in [6.07, 6.45) is 5.85. The lowest BCUT2D eigenvalue weighted by atomic mass is 10.1. The lowest BCUT2D eigenvalue weighted by Crippen LogP contribution is -2.31. The monoisotopic (exact) mass is 421 g/mol. The molecule has 2 fully saturated rings. The lowest BCUT2D eigenvalue weighted by molar-refractivity contribution is 0.102. The van der Waals surface area contributed by atoms with Gasteiger partial charge < -0.3 is 15.5 Å². The van der Waals surface area contributed by atoms with Gasteiger partial charge in [-0.2, -0.15) is 10.4 Å². The van der Waals surface area contributed by atoms with Crippen molar-refractivity contribution < 1.29 is 9.18 Å². The van der Waals surface area contributed by atoms with Crippen molar-refractivity contribution in [1.82, 2.24) is 19.9 Å². The zero-order valence-electron chi connectivity index (χ0n) is 17.3. The molecule has 8 nitrogen and oxygen atoms in total. The average Bonchev–Trinajstić information content (AvgIpc) is 3.50. The minimum absolute atomic E-state index is 0.330. The number of anilines is 2. The molecule has 1 spiro atoms. The number of amides is 1. The van der Waals surface area contributed by atoms with Crippen LogP contribution in [0, 0.1) is 16.7 Å². The number of benzene rings is 1. The molecular weight excluding hydrogens is 397 g/mol. The summed E-state index contributed by atoms with van der Waals surface area (Å²) in [7, 11) is 0.500. The second-order valence-corrected chi connectivity index (χ2v) is 7.82. The molecule has 160 valence electrons. The molecule has 2 aliphatic rings. The highest BCUT2D eigenvalue weighted by molar-refractivity contribution is 6.08. The summed E-state index contributed by atoms with van der Waals surface area (Å²) in [6.45, 7) is 3.85. The van der Waals surface area contributed by atoms with Crippen molar-refractivity contribution >= 4 is 23.1 Å². The number of carbonyl (C=O) groups is 1. The number of para-hydroxylation sites is 1. The third-order valence-corrected chi connectivity index (χ3v) is 5.76. The third kappa shape index (κ3) is 4.20. The molecule has 0 atom stereocenters. The Morgan fingerprint density at radius 1 is 1.29 bits per heavy atom. The summed E-state index contributed by atoms with van der Waals surface area (Å²) in [5.74, 6) is 0.531. The van der Waals surface area contributed by atoms with E-state index in [0.29, 0.717) is 35.1 Å². The maximum atomic E-state index is 12.9. The van der Waals surface area contributed by atoms with Gasteiger partial charge in [0.1, 0.15) is 17.5 Å². The Morgan fingerprint density at radius 2 is 2.10 bits per heavy atom. The normalized spacial score (nSPS) is 16.7. The predicted molar refractivity (Wildman–Crippen MR) is 116 cm³/mol. The van der Waals surface area contributed by atoms with Crippen LogP contribution in [0.5, 0.6) is 0 Å². The zero-order chi connectivity index (χ0) is 21.8. The zero-order valence-corrected chi connectivity index (χ0v) is 17.3. The molecule has 1 amide bonds. The fourth-order valence-electron chi connectivity index (χ4n) is 3.89. The first-order valence-electron chi connectivity index (χ1n) is 10.2. The van der Waals surface area contributed by atoms with E-state index in [1.165, 1.54) is 19.0 Å². The Bertz CT molecular complexity index is 1130. The van der Waals surface area contributed by atoms with Crippen LogP contribution in [0.15, 0.2) is 42.7 Å². The number of aromatic nitrogens is 3. The van der Waals surface area contributed by atoms with E-state index in [2.05, 4.69) is 26.7 Å². The Hall–Kier alpha value is -3.51. The van der Waals surface area contributed by atoms with Gasteiger partial charge in [0.05, 0.1) is 24.6 Å². The van der Waals surface area contributed by atoms with Crippen LogP contribution in [0.3, 0.4) is 0 Å². The molecule has 9 heteroatoms. The lowest BCUT2D eigenvalue weighted by Gasteiger charge is -2.24. The topological polar surface area (TPSA) is 98.3 Å². The maximum absolute atomic E-state index is 12.9. The van der Waals surface area contributed by atoms with Crippen molar-refractivity contribution in [3.05, 3.63) is 53.9 Å². The van der Waals surface area contributed by atoms with Gasteiger partial charge in [0, 0.05) is 37.8 Å². The first-order valence-corrected chi connectivity index (χ1v) is 10.2. The first-order chi connectivity index (χ1) is 15.2. The van der Waals surface area contributed by atoms with Gasteiger partial charge in [0.2, 0.25) is 0 Å². The molecule has 0 bridgehead atoms. The Kier molecular flexibility index (Phi) is 5.82. The van der Waals surface area contributed by atoms with Crippen molar-refractivity contribution in [2.24, 2.45) is 5.41 Å². The van der Waals surface area contributed by atoms with Gasteiger partial charge in [0.15, 0.2) is 5.65 Å². The van der Waals surface area contributed by atoms with Crippen LogP contribution in [0.1, 0.15) is 28.8 Å². The molecule has 31 heavy (non-hydrogen) atoms. The van der Waals surface area contributed by atoms with Crippen molar-refractivity contribution in [3.63, 3.8) is 0 Å². The van der Waals surface area contributed by atoms with Gasteiger partial charge in [-0.15, -0.1) is 0 Å². The standard InChI is InChI=1S/C21H21N7O.CH3F/c22-11-15-3-1-2-4-17(15)25-20(29)16-12-24-28-9-5-18(26-19(16)28)27-10-8-23-13-21(14-27)6-7-21;1-2/h1-5,9,12,23H,6-8,10,13-14H2,(H,25,29);1H3. The predicted octanol–water partition coefficient (Wildman–Crippen LogP) is 2.63. The van der Waals surface area contributed by atoms with Gasteiger partial charge in [-0.05, 0) is 31.0 Å². The largest absolute Gasteiger partial charge is 0.355 e. The maximum Gasteiger partial charge on any atom is 0.261 e. The van der Waals surface area contributed by atoms with Gasteiger partial charge in [-0.25, -0.2) is 9.50 Å². The van der Waals surface area contributed by atoms with Crippen LogP contribution in [-0.2, 0) is 0 Å². The van der Waals surface area contributed by atoms with Crippen LogP contribution >= 0.6 is 0 Å². The van der Waals surface area contributed by atoms with E-state index in [4.69, 9.17) is 4.98 Å². The van der Waals surface area contributed by atoms with Crippen molar-refractivity contribution in [3.8, 4) is 6.07 Å². The highest BCUT2D eigenvalue weighted by atomic mass is 19.1. The SMILES string of the molecule is CF.N#Cc1ccccc1NC(=O)c1cnn2ccc(N3CCNCC4(CC4)C3)nc12. The summed E-state index contributed by atoms with van der Waals surface area (Å²) in [4.78, 5) is 19.9. The number of rotatable bonds is 3. The second-order valence-electron chi connectivity index (χ2n) is 7.82. The van der Waals surface area contributed by atoms with Crippen LogP contribution < -0.4 is 15.5 Å². The molecule has 1 saturated heterocycles. The Balaban J connectivity index is 0.00000112. The summed E-state index contributed by atoms with van der Waals surface area (Å²) in [5.41, 5.74) is 2.15. The van der Waals surface area contributed by atoms with Crippen molar-refractivity contribution in [1.29, 1.82) is 5.26 Å². The van der Waals surface area contributed by atoms with Gasteiger partial charge >= 0.3 is 0 Å². The molecule has 5 rings (SSSR count). The molecule has 1 aliphatic carbocycles. The van der Waals surface area contributed by atoms with Crippen LogP contribution in [-0.4, -0.2) is 53.9 Å². The van der Waals surface area contributed by atoms with Crippen LogP contribution in [0.25, 0.3) is 5.65 Å². The van der Waals surface area contributed by atoms with E-state index in [1.807, 2.05) is 12.3 Å². The summed E-state index contributed by atoms with van der Waals surface area (Å²) in [6, 6.07) is 11.0. The number of fused-ring (bicyclic) bond motifs is 1. The van der Waals surface area contributed by atoms with E-state index < -0.39 is 0 Å². The number of carbonyl (C=O) groups excluding carboxylic acids is 1. The molecule has 3 aromatic rings. The molecule has 0 unspecified atom stereocenters. The summed E-state index contributed by atoms with van der Waals surface area (Å²) < 4.78 is 11.1. The van der Waals surface area contributed by atoms with E-state index in [9.17, 15) is 14.4 Å². The van der Waals surface area contributed by atoms with E-state index in [1.54, 1.807) is 28.8 Å². The van der Waals surface area contributed by atoms with Crippen molar-refractivity contribution in [2.75, 3.05) is 43.6 Å². The molecule has 3 heterocycles. The average molecular weight is 421 g/mol. The fourth-order valence-corrected chi connectivity index (χ4v) is 3.89. The Labute approximate surface area is 179 Å². The summed E-state index contributed by atoms with van der Waals surface area (Å²) in [5, 5.41) is 19.8. The highest BCUT2D eigenvalue weighted by Gasteiger charge is 2.44. The number of nitrogens with one attached hydrogen (secondary N) is 2. The number of halogens is 1. The number of alkyl halides is 1. The number of hydrogen-bond donors (Lipinski definition) is 2. The third-order valence-electron chi connectivity index (χ3n) is 5.76. The van der Waals surface area contributed by atoms with Gasteiger partial charge in [-0.3, -0.25) is 9.18 Å². The van der Waals surface area contributed by atoms with Crippen LogP contribution in [0.4, 0.5) is 15.9 Å². The molecule has 2 aromatic heterocycles. The molecular formula is C22H24FN7O. The van der Waals surface area contributed by atoms with E-state index >= 15 is 0 Å². The van der Waals surface area contributed by atoms with Crippen LogP contribution in [0.2, 0.25) is 0 Å².